The van der Waals surface area contributed by atoms with Gasteiger partial charge in [-0.2, -0.15) is 8.78 Å². The third kappa shape index (κ3) is 5.87. The van der Waals surface area contributed by atoms with E-state index >= 15 is 0 Å². The molecule has 35 heavy (non-hydrogen) atoms. The Balaban J connectivity index is 1.84. The number of ether oxygens (including phenoxy) is 2. The lowest BCUT2D eigenvalue weighted by molar-refractivity contribution is -0.152. The Morgan fingerprint density at radius 2 is 1.20 bits per heavy atom. The van der Waals surface area contributed by atoms with Crippen LogP contribution < -0.4 is 9.47 Å². The van der Waals surface area contributed by atoms with Crippen molar-refractivity contribution in [1.82, 2.24) is 0 Å². The molecule has 0 N–H and O–H groups in total. The molecule has 2 unspecified atom stereocenters. The van der Waals surface area contributed by atoms with E-state index in [-0.39, 0.29) is 25.7 Å². The smallest absolute Gasteiger partial charge is 0.315 e. The number of hydrogen-bond acceptors (Lipinski definition) is 7. The van der Waals surface area contributed by atoms with Crippen LogP contribution in [0.4, 0.5) is 22.0 Å². The zero-order chi connectivity index (χ0) is 26.2. The predicted molar refractivity (Wildman–Crippen MR) is 123 cm³/mol. The van der Waals surface area contributed by atoms with E-state index in [1.165, 1.54) is 0 Å². The molecule has 7 nitrogen and oxygen atoms in total. The van der Waals surface area contributed by atoms with Gasteiger partial charge in [0.15, 0.2) is 0 Å². The molecular weight excluding hydrogens is 733 g/mol. The summed E-state index contributed by atoms with van der Waals surface area (Å²) in [6.07, 6.45) is 0.981. The van der Waals surface area contributed by atoms with Crippen LogP contribution in [0, 0.1) is 48.1 Å². The highest BCUT2D eigenvalue weighted by Crippen LogP contribution is 2.36. The fourth-order valence-electron chi connectivity index (χ4n) is 3.57. The van der Waals surface area contributed by atoms with Crippen LogP contribution in [0.15, 0.2) is 17.0 Å². The van der Waals surface area contributed by atoms with Crippen molar-refractivity contribution >= 4 is 67.2 Å². The molecule has 0 radical (unpaired) electrons. The van der Waals surface area contributed by atoms with Crippen LogP contribution in [-0.2, 0) is 19.7 Å². The highest BCUT2D eigenvalue weighted by Gasteiger charge is 2.40. The SMILES string of the molecule is O=C(Oc1cc(I)c(S(=O)(=O)[O-])c(I)c1)C1CCCCC1C(=O)Oc1c(F)c(F)c(F)c(F)c1F. The standard InChI is InChI=1S/C20H13F5I2O7S/c21-12-13(22)15(24)17(16(25)14(12)23)34-20(29)9-4-2-1-3-8(9)19(28)33-7-5-10(26)18(11(27)6-7)35(30,31)32/h5-6,8-9H,1-4H2,(H,30,31,32)/p-1. The Hall–Kier alpha value is -1.60. The molecule has 190 valence electrons. The highest BCUT2D eigenvalue weighted by atomic mass is 127. The van der Waals surface area contributed by atoms with Crippen molar-refractivity contribution in [3.8, 4) is 11.5 Å². The normalized spacial score (nSPS) is 18.3. The Morgan fingerprint density at radius 1 is 0.800 bits per heavy atom. The van der Waals surface area contributed by atoms with Crippen LogP contribution in [-0.4, -0.2) is 24.9 Å². The van der Waals surface area contributed by atoms with E-state index in [1.54, 1.807) is 45.2 Å². The first-order valence-corrected chi connectivity index (χ1v) is 13.2. The number of benzene rings is 2. The lowest BCUT2D eigenvalue weighted by atomic mass is 9.79. The summed E-state index contributed by atoms with van der Waals surface area (Å²) in [6.45, 7) is 0. The van der Waals surface area contributed by atoms with E-state index in [0.29, 0.717) is 12.8 Å². The molecule has 0 amide bonds. The van der Waals surface area contributed by atoms with Crippen molar-refractivity contribution < 1.29 is 54.0 Å². The third-order valence-corrected chi connectivity index (χ3v) is 8.56. The molecule has 15 heteroatoms. The first-order valence-electron chi connectivity index (χ1n) is 9.63. The van der Waals surface area contributed by atoms with Crippen molar-refractivity contribution in [2.45, 2.75) is 30.6 Å². The Bertz CT molecular complexity index is 1270. The second-order valence-corrected chi connectivity index (χ2v) is 11.0. The molecule has 1 aliphatic rings. The van der Waals surface area contributed by atoms with Crippen molar-refractivity contribution in [2.24, 2.45) is 11.8 Å². The minimum absolute atomic E-state index is 0.0103. The predicted octanol–water partition coefficient (Wildman–Crippen LogP) is 4.81. The average molecular weight is 745 g/mol. The molecule has 0 heterocycles. The molecule has 0 aromatic heterocycles. The van der Waals surface area contributed by atoms with Crippen molar-refractivity contribution in [3.63, 3.8) is 0 Å². The molecular formula is C20H12F5I2O7S-. The molecule has 3 rings (SSSR count). The Labute approximate surface area is 222 Å². The zero-order valence-electron chi connectivity index (χ0n) is 17.0. The van der Waals surface area contributed by atoms with E-state index in [9.17, 15) is 44.5 Å². The van der Waals surface area contributed by atoms with Crippen LogP contribution in [0.25, 0.3) is 0 Å². The summed E-state index contributed by atoms with van der Waals surface area (Å²) in [5.74, 6) is -18.4. The number of carbonyl (C=O) groups is 2. The maximum absolute atomic E-state index is 13.9. The molecule has 2 aromatic carbocycles. The Morgan fingerprint density at radius 3 is 1.63 bits per heavy atom. The van der Waals surface area contributed by atoms with Crippen LogP contribution in [0.2, 0.25) is 0 Å². The van der Waals surface area contributed by atoms with Crippen LogP contribution >= 0.6 is 45.2 Å². The topological polar surface area (TPSA) is 110 Å². The summed E-state index contributed by atoms with van der Waals surface area (Å²) in [5, 5.41) is 0. The van der Waals surface area contributed by atoms with Gasteiger partial charge in [-0.05, 0) is 70.2 Å². The number of rotatable bonds is 5. The first kappa shape index (κ1) is 28.0. The number of carbonyl (C=O) groups excluding carboxylic acids is 2. The fourth-order valence-corrected chi connectivity index (χ4v) is 7.50. The van der Waals surface area contributed by atoms with Gasteiger partial charge in [-0.15, -0.1) is 0 Å². The lowest BCUT2D eigenvalue weighted by Gasteiger charge is -2.28. The van der Waals surface area contributed by atoms with Crippen molar-refractivity contribution in [2.75, 3.05) is 0 Å². The maximum atomic E-state index is 13.9. The van der Waals surface area contributed by atoms with Crippen LogP contribution in [0.3, 0.4) is 0 Å². The molecule has 0 aliphatic heterocycles. The highest BCUT2D eigenvalue weighted by molar-refractivity contribution is 14.1. The van der Waals surface area contributed by atoms with E-state index < -0.39 is 73.6 Å². The number of halogens is 7. The van der Waals surface area contributed by atoms with Gasteiger partial charge in [-0.25, -0.2) is 21.6 Å². The molecule has 1 fully saturated rings. The summed E-state index contributed by atoms with van der Waals surface area (Å²) in [7, 11) is -4.80. The van der Waals surface area contributed by atoms with Gasteiger partial charge in [0, 0.05) is 7.14 Å². The summed E-state index contributed by atoms with van der Waals surface area (Å²) < 4.78 is 112. The zero-order valence-corrected chi connectivity index (χ0v) is 22.2. The molecule has 2 aromatic rings. The first-order chi connectivity index (χ1) is 16.2. The lowest BCUT2D eigenvalue weighted by Crippen LogP contribution is -2.37. The van der Waals surface area contributed by atoms with E-state index in [4.69, 9.17) is 4.74 Å². The van der Waals surface area contributed by atoms with E-state index in [2.05, 4.69) is 4.74 Å². The number of esters is 2. The van der Waals surface area contributed by atoms with Crippen molar-refractivity contribution in [3.05, 3.63) is 48.4 Å². The number of hydrogen-bond donors (Lipinski definition) is 0. The third-order valence-electron chi connectivity index (χ3n) is 5.18. The minimum Gasteiger partial charge on any atom is -0.744 e. The quantitative estimate of drug-likeness (QED) is 0.0823. The van der Waals surface area contributed by atoms with E-state index in [0.717, 1.165) is 12.1 Å². The summed E-state index contributed by atoms with van der Waals surface area (Å²) in [4.78, 5) is 24.9. The van der Waals surface area contributed by atoms with Gasteiger partial charge < -0.3 is 14.0 Å². The largest absolute Gasteiger partial charge is 0.744 e. The second kappa shape index (κ2) is 10.8. The molecule has 0 bridgehead atoms. The van der Waals surface area contributed by atoms with Gasteiger partial charge in [0.05, 0.1) is 16.7 Å². The van der Waals surface area contributed by atoms with Gasteiger partial charge in [0.25, 0.3) is 0 Å². The average Bonchev–Trinajstić information content (AvgIpc) is 2.77. The van der Waals surface area contributed by atoms with Gasteiger partial charge in [-0.1, -0.05) is 12.8 Å². The second-order valence-electron chi connectivity index (χ2n) is 7.41. The van der Waals surface area contributed by atoms with Gasteiger partial charge >= 0.3 is 11.9 Å². The van der Waals surface area contributed by atoms with Gasteiger partial charge in [0.2, 0.25) is 34.8 Å². The van der Waals surface area contributed by atoms with Crippen LogP contribution in [0.1, 0.15) is 25.7 Å². The summed E-state index contributed by atoms with van der Waals surface area (Å²) >= 11 is 3.14. The fraction of sp³-hybridized carbons (Fsp3) is 0.300. The van der Waals surface area contributed by atoms with Crippen LogP contribution in [0.5, 0.6) is 11.5 Å². The molecule has 0 saturated heterocycles. The van der Waals surface area contributed by atoms with Gasteiger partial charge in [-0.3, -0.25) is 9.59 Å². The summed E-state index contributed by atoms with van der Waals surface area (Å²) in [5.41, 5.74) is 0. The molecule has 1 saturated carbocycles. The molecule has 0 spiro atoms. The van der Waals surface area contributed by atoms with Crippen molar-refractivity contribution in [1.29, 1.82) is 0 Å². The minimum atomic E-state index is -4.80. The Kier molecular flexibility index (Phi) is 8.63. The van der Waals surface area contributed by atoms with E-state index in [1.807, 2.05) is 0 Å². The molecule has 2 atom stereocenters. The van der Waals surface area contributed by atoms with Gasteiger partial charge in [0.1, 0.15) is 15.9 Å². The summed E-state index contributed by atoms with van der Waals surface area (Å²) in [6, 6.07) is 2.24. The monoisotopic (exact) mass is 745 g/mol. The maximum Gasteiger partial charge on any atom is 0.315 e. The molecule has 1 aliphatic carbocycles.